The van der Waals surface area contributed by atoms with Crippen molar-refractivity contribution in [1.82, 2.24) is 10.3 Å². The summed E-state index contributed by atoms with van der Waals surface area (Å²) < 4.78 is 1.09. The highest BCUT2D eigenvalue weighted by molar-refractivity contribution is 9.10. The molecule has 0 bridgehead atoms. The van der Waals surface area contributed by atoms with E-state index in [0.717, 1.165) is 16.6 Å². The number of pyridine rings is 1. The Hall–Kier alpha value is -0.410. The van der Waals surface area contributed by atoms with Gasteiger partial charge in [0.2, 0.25) is 0 Å². The van der Waals surface area contributed by atoms with E-state index in [1.54, 1.807) is 0 Å². The fraction of sp³-hybridized carbons (Fsp3) is 0.643. The van der Waals surface area contributed by atoms with Gasteiger partial charge in [-0.2, -0.15) is 0 Å². The van der Waals surface area contributed by atoms with Crippen LogP contribution in [0.1, 0.15) is 51.8 Å². The fourth-order valence-electron chi connectivity index (χ4n) is 1.91. The molecule has 96 valence electrons. The largest absolute Gasteiger partial charge is 0.312 e. The maximum atomic E-state index is 4.46. The van der Waals surface area contributed by atoms with Crippen molar-refractivity contribution in [2.75, 3.05) is 7.05 Å². The van der Waals surface area contributed by atoms with Crippen molar-refractivity contribution in [2.24, 2.45) is 5.41 Å². The van der Waals surface area contributed by atoms with Gasteiger partial charge in [-0.25, -0.2) is 0 Å². The molecular formula is C14H23BrN2. The van der Waals surface area contributed by atoms with Gasteiger partial charge in [0.1, 0.15) is 0 Å². The number of hydrogen-bond donors (Lipinski definition) is 1. The van der Waals surface area contributed by atoms with Crippen molar-refractivity contribution in [3.63, 3.8) is 0 Å². The van der Waals surface area contributed by atoms with Crippen LogP contribution in [-0.4, -0.2) is 12.0 Å². The second-order valence-corrected chi connectivity index (χ2v) is 6.52. The zero-order valence-corrected chi connectivity index (χ0v) is 12.8. The number of nitrogens with zero attached hydrogens (tertiary/aromatic N) is 1. The highest BCUT2D eigenvalue weighted by Crippen LogP contribution is 2.28. The molecule has 1 N–H and O–H groups in total. The molecule has 0 aromatic carbocycles. The molecule has 1 aromatic heterocycles. The smallest absolute Gasteiger partial charge is 0.0714 e. The molecule has 3 heteroatoms. The highest BCUT2D eigenvalue weighted by Gasteiger charge is 2.16. The zero-order valence-electron chi connectivity index (χ0n) is 11.3. The van der Waals surface area contributed by atoms with Crippen LogP contribution in [0.25, 0.3) is 0 Å². The molecule has 1 heterocycles. The molecule has 1 rings (SSSR count). The molecule has 2 nitrogen and oxygen atoms in total. The van der Waals surface area contributed by atoms with Crippen LogP contribution in [0, 0.1) is 5.41 Å². The summed E-state index contributed by atoms with van der Waals surface area (Å²) in [7, 11) is 2.00. The lowest BCUT2D eigenvalue weighted by Gasteiger charge is -2.21. The lowest BCUT2D eigenvalue weighted by Crippen LogP contribution is -2.18. The molecule has 0 saturated heterocycles. The van der Waals surface area contributed by atoms with Crippen LogP contribution in [-0.2, 0) is 0 Å². The van der Waals surface area contributed by atoms with E-state index in [9.17, 15) is 0 Å². The van der Waals surface area contributed by atoms with E-state index in [1.807, 2.05) is 19.3 Å². The Morgan fingerprint density at radius 1 is 1.41 bits per heavy atom. The summed E-state index contributed by atoms with van der Waals surface area (Å²) in [5.41, 5.74) is 1.53. The third kappa shape index (κ3) is 5.17. The number of hydrogen-bond acceptors (Lipinski definition) is 2. The number of halogens is 1. The first-order chi connectivity index (χ1) is 7.94. The normalized spacial score (nSPS) is 13.7. The van der Waals surface area contributed by atoms with E-state index >= 15 is 0 Å². The summed E-state index contributed by atoms with van der Waals surface area (Å²) in [5.74, 6) is 0. The zero-order chi connectivity index (χ0) is 12.9. The molecule has 0 aliphatic carbocycles. The summed E-state index contributed by atoms with van der Waals surface area (Å²) in [5, 5.41) is 3.35. The molecule has 0 saturated carbocycles. The predicted molar refractivity (Wildman–Crippen MR) is 77.0 cm³/mol. The lowest BCUT2D eigenvalue weighted by molar-refractivity contribution is 0.346. The summed E-state index contributed by atoms with van der Waals surface area (Å²) in [6.45, 7) is 6.87. The fourth-order valence-corrected chi connectivity index (χ4v) is 2.44. The van der Waals surface area contributed by atoms with Crippen LogP contribution in [0.5, 0.6) is 0 Å². The van der Waals surface area contributed by atoms with Gasteiger partial charge in [0.15, 0.2) is 0 Å². The number of aromatic nitrogens is 1. The first-order valence-corrected chi connectivity index (χ1v) is 7.01. The number of rotatable bonds is 5. The average molecular weight is 299 g/mol. The van der Waals surface area contributed by atoms with Gasteiger partial charge in [0, 0.05) is 10.7 Å². The van der Waals surface area contributed by atoms with Crippen molar-refractivity contribution in [3.05, 3.63) is 28.5 Å². The monoisotopic (exact) mass is 298 g/mol. The van der Waals surface area contributed by atoms with E-state index in [0.29, 0.717) is 11.5 Å². The summed E-state index contributed by atoms with van der Waals surface area (Å²) in [6, 6.07) is 4.35. The minimum Gasteiger partial charge on any atom is -0.312 e. The van der Waals surface area contributed by atoms with Crippen molar-refractivity contribution >= 4 is 15.9 Å². The average Bonchev–Trinajstić information content (AvgIpc) is 2.24. The Bertz CT molecular complexity index is 344. The quantitative estimate of drug-likeness (QED) is 0.875. The minimum absolute atomic E-state index is 0.341. The second kappa shape index (κ2) is 6.50. The minimum atomic E-state index is 0.341. The molecule has 0 radical (unpaired) electrons. The molecular weight excluding hydrogens is 276 g/mol. The first-order valence-electron chi connectivity index (χ1n) is 6.22. The second-order valence-electron chi connectivity index (χ2n) is 5.66. The number of nitrogens with one attached hydrogen (secondary N) is 1. The van der Waals surface area contributed by atoms with Gasteiger partial charge in [-0.1, -0.05) is 27.2 Å². The topological polar surface area (TPSA) is 24.9 Å². The molecule has 0 spiro atoms. The predicted octanol–water partition coefficient (Wildman–Crippen LogP) is 4.32. The Kier molecular flexibility index (Phi) is 5.60. The molecule has 1 unspecified atom stereocenters. The van der Waals surface area contributed by atoms with Crippen molar-refractivity contribution in [3.8, 4) is 0 Å². The molecule has 0 amide bonds. The Morgan fingerprint density at radius 2 is 2.12 bits per heavy atom. The van der Waals surface area contributed by atoms with Gasteiger partial charge in [-0.05, 0) is 53.4 Å². The van der Waals surface area contributed by atoms with Crippen molar-refractivity contribution < 1.29 is 0 Å². The Labute approximate surface area is 113 Å². The van der Waals surface area contributed by atoms with Crippen LogP contribution in [0.15, 0.2) is 22.8 Å². The maximum absolute atomic E-state index is 4.46. The standard InChI is InChI=1S/C14H23BrN2/c1-14(2,3)9-5-8-12(16-4)13-11(15)7-6-10-17-13/h6-7,10,12,16H,5,8-9H2,1-4H3. The van der Waals surface area contributed by atoms with Crippen LogP contribution in [0.3, 0.4) is 0 Å². The molecule has 17 heavy (non-hydrogen) atoms. The molecule has 1 aromatic rings. The van der Waals surface area contributed by atoms with Crippen molar-refractivity contribution in [2.45, 2.75) is 46.1 Å². The summed E-state index contributed by atoms with van der Waals surface area (Å²) >= 11 is 3.57. The highest BCUT2D eigenvalue weighted by atomic mass is 79.9. The van der Waals surface area contributed by atoms with Crippen molar-refractivity contribution in [1.29, 1.82) is 0 Å². The van der Waals surface area contributed by atoms with Gasteiger partial charge < -0.3 is 5.32 Å². The van der Waals surface area contributed by atoms with E-state index in [4.69, 9.17) is 0 Å². The molecule has 0 aliphatic heterocycles. The third-order valence-electron chi connectivity index (χ3n) is 2.89. The van der Waals surface area contributed by atoms with Gasteiger partial charge in [-0.15, -0.1) is 0 Å². The SMILES string of the molecule is CNC(CCCC(C)(C)C)c1ncccc1Br. The van der Waals surface area contributed by atoms with E-state index < -0.39 is 0 Å². The first kappa shape index (κ1) is 14.7. The van der Waals surface area contributed by atoms with Crippen LogP contribution >= 0.6 is 15.9 Å². The van der Waals surface area contributed by atoms with Crippen LogP contribution in [0.4, 0.5) is 0 Å². The lowest BCUT2D eigenvalue weighted by atomic mass is 9.88. The Morgan fingerprint density at radius 3 is 2.65 bits per heavy atom. The molecule has 1 atom stereocenters. The van der Waals surface area contributed by atoms with E-state index in [2.05, 4.69) is 53.1 Å². The molecule has 0 aliphatic rings. The van der Waals surface area contributed by atoms with Gasteiger partial charge in [0.05, 0.1) is 11.7 Å². The van der Waals surface area contributed by atoms with E-state index in [1.165, 1.54) is 12.8 Å². The summed E-state index contributed by atoms with van der Waals surface area (Å²) in [6.07, 6.45) is 5.45. The van der Waals surface area contributed by atoms with E-state index in [-0.39, 0.29) is 0 Å². The summed E-state index contributed by atoms with van der Waals surface area (Å²) in [4.78, 5) is 4.46. The van der Waals surface area contributed by atoms with Gasteiger partial charge in [0.25, 0.3) is 0 Å². The Balaban J connectivity index is 2.58. The van der Waals surface area contributed by atoms with Gasteiger partial charge in [-0.3, -0.25) is 4.98 Å². The third-order valence-corrected chi connectivity index (χ3v) is 3.56. The van der Waals surface area contributed by atoms with Crippen LogP contribution in [0.2, 0.25) is 0 Å². The van der Waals surface area contributed by atoms with Crippen LogP contribution < -0.4 is 5.32 Å². The molecule has 0 fully saturated rings. The van der Waals surface area contributed by atoms with Gasteiger partial charge >= 0.3 is 0 Å². The maximum Gasteiger partial charge on any atom is 0.0714 e.